The molecule has 1 aliphatic carbocycles. The van der Waals surface area contributed by atoms with Crippen molar-refractivity contribution in [3.63, 3.8) is 0 Å². The highest BCUT2D eigenvalue weighted by Crippen LogP contribution is 2.34. The molecule has 1 atom stereocenters. The third-order valence-electron chi connectivity index (χ3n) is 5.87. The molecule has 0 saturated heterocycles. The lowest BCUT2D eigenvalue weighted by Crippen LogP contribution is -2.42. The van der Waals surface area contributed by atoms with Crippen molar-refractivity contribution >= 4 is 0 Å². The van der Waals surface area contributed by atoms with Crippen LogP contribution in [0, 0.1) is 12.3 Å². The van der Waals surface area contributed by atoms with Crippen molar-refractivity contribution in [2.24, 2.45) is 11.1 Å². The molecule has 1 aromatic heterocycles. The van der Waals surface area contributed by atoms with Gasteiger partial charge in [0.2, 0.25) is 0 Å². The predicted octanol–water partition coefficient (Wildman–Crippen LogP) is 4.10. The maximum atomic E-state index is 6.13. The van der Waals surface area contributed by atoms with E-state index >= 15 is 0 Å². The predicted molar refractivity (Wildman–Crippen MR) is 118 cm³/mol. The van der Waals surface area contributed by atoms with E-state index in [-0.39, 0.29) is 17.0 Å². The van der Waals surface area contributed by atoms with E-state index in [2.05, 4.69) is 86.7 Å². The number of hydrogen-bond donors (Lipinski definition) is 2. The highest BCUT2D eigenvalue weighted by atomic mass is 15.6. The third kappa shape index (κ3) is 5.64. The van der Waals surface area contributed by atoms with Crippen LogP contribution in [0.1, 0.15) is 89.7 Å². The van der Waals surface area contributed by atoms with Gasteiger partial charge in [-0.3, -0.25) is 0 Å². The minimum Gasteiger partial charge on any atom is -0.328 e. The largest absolute Gasteiger partial charge is 0.328 e. The summed E-state index contributed by atoms with van der Waals surface area (Å²) in [6.45, 7) is 13.4. The Balaban J connectivity index is 1.94. The quantitative estimate of drug-likeness (QED) is 0.765. The number of nitrogens with one attached hydrogen (secondary N) is 1. The second kappa shape index (κ2) is 8.52. The molecule has 1 aliphatic rings. The van der Waals surface area contributed by atoms with Crippen LogP contribution in [0.3, 0.4) is 0 Å². The zero-order valence-corrected chi connectivity index (χ0v) is 18.9. The van der Waals surface area contributed by atoms with Gasteiger partial charge < -0.3 is 11.1 Å². The van der Waals surface area contributed by atoms with Crippen molar-refractivity contribution in [1.82, 2.24) is 25.5 Å². The van der Waals surface area contributed by atoms with Crippen LogP contribution in [-0.2, 0) is 5.54 Å². The number of aromatic nitrogens is 4. The van der Waals surface area contributed by atoms with E-state index in [0.717, 1.165) is 37.9 Å². The van der Waals surface area contributed by atoms with E-state index in [4.69, 9.17) is 5.73 Å². The van der Waals surface area contributed by atoms with E-state index in [1.165, 1.54) is 11.1 Å². The van der Waals surface area contributed by atoms with Gasteiger partial charge in [0, 0.05) is 12.1 Å². The maximum Gasteiger partial charge on any atom is 0.173 e. The molecule has 1 heterocycles. The van der Waals surface area contributed by atoms with E-state index < -0.39 is 0 Å². The zero-order chi connectivity index (χ0) is 21.2. The van der Waals surface area contributed by atoms with Crippen molar-refractivity contribution in [3.05, 3.63) is 41.2 Å². The van der Waals surface area contributed by atoms with Gasteiger partial charge in [-0.15, -0.1) is 5.10 Å². The molecule has 160 valence electrons. The normalized spacial score (nSPS) is 21.9. The average molecular weight is 399 g/mol. The number of nitrogens with two attached hydrogens (primary N) is 1. The molecule has 29 heavy (non-hydrogen) atoms. The minimum absolute atomic E-state index is 0.0378. The van der Waals surface area contributed by atoms with Gasteiger partial charge in [0.1, 0.15) is 0 Å². The first kappa shape index (κ1) is 21.9. The first-order valence-electron chi connectivity index (χ1n) is 10.9. The Hall–Kier alpha value is -1.79. The second-order valence-electron chi connectivity index (χ2n) is 10.6. The van der Waals surface area contributed by atoms with Crippen molar-refractivity contribution in [2.45, 2.75) is 97.3 Å². The molecule has 1 fully saturated rings. The zero-order valence-electron chi connectivity index (χ0n) is 18.9. The van der Waals surface area contributed by atoms with Crippen LogP contribution in [0.25, 0.3) is 0 Å². The topological polar surface area (TPSA) is 81.7 Å². The molecule has 0 bridgehead atoms. The fraction of sp³-hybridized carbons (Fsp3) is 0.696. The van der Waals surface area contributed by atoms with Crippen molar-refractivity contribution < 1.29 is 0 Å². The Kier molecular flexibility index (Phi) is 6.44. The maximum absolute atomic E-state index is 6.13. The summed E-state index contributed by atoms with van der Waals surface area (Å²) >= 11 is 0. The van der Waals surface area contributed by atoms with Gasteiger partial charge in [-0.25, -0.2) is 4.68 Å². The first-order valence-corrected chi connectivity index (χ1v) is 10.9. The molecule has 3 rings (SSSR count). The summed E-state index contributed by atoms with van der Waals surface area (Å²) in [6, 6.07) is 9.43. The fourth-order valence-electron chi connectivity index (χ4n) is 4.78. The molecule has 3 N–H and O–H groups in total. The Morgan fingerprint density at radius 1 is 1.07 bits per heavy atom. The summed E-state index contributed by atoms with van der Waals surface area (Å²) in [5.41, 5.74) is 8.58. The number of hydrogen-bond acceptors (Lipinski definition) is 5. The molecular weight excluding hydrogens is 360 g/mol. The Morgan fingerprint density at radius 2 is 1.69 bits per heavy atom. The van der Waals surface area contributed by atoms with Gasteiger partial charge >= 0.3 is 0 Å². The summed E-state index contributed by atoms with van der Waals surface area (Å²) in [5.74, 6) is 0.887. The van der Waals surface area contributed by atoms with Crippen molar-refractivity contribution in [3.8, 4) is 0 Å². The lowest BCUT2D eigenvalue weighted by Gasteiger charge is -2.35. The molecule has 0 aliphatic heterocycles. The van der Waals surface area contributed by atoms with Crippen LogP contribution in [0.15, 0.2) is 24.3 Å². The lowest BCUT2D eigenvalue weighted by atomic mass is 9.81. The van der Waals surface area contributed by atoms with Crippen molar-refractivity contribution in [2.75, 3.05) is 0 Å². The van der Waals surface area contributed by atoms with Crippen LogP contribution < -0.4 is 11.1 Å². The summed E-state index contributed by atoms with van der Waals surface area (Å²) < 4.78 is 2.03. The van der Waals surface area contributed by atoms with Gasteiger partial charge in [0.25, 0.3) is 0 Å². The molecule has 6 heteroatoms. The van der Waals surface area contributed by atoms with Crippen LogP contribution in [0.2, 0.25) is 0 Å². The molecule has 0 radical (unpaired) electrons. The number of aryl methyl sites for hydroxylation is 1. The van der Waals surface area contributed by atoms with Crippen LogP contribution >= 0.6 is 0 Å². The minimum atomic E-state index is -0.184. The second-order valence-corrected chi connectivity index (χ2v) is 10.6. The highest BCUT2D eigenvalue weighted by molar-refractivity contribution is 5.28. The van der Waals surface area contributed by atoms with Gasteiger partial charge in [-0.1, -0.05) is 50.6 Å². The van der Waals surface area contributed by atoms with Gasteiger partial charge in [-0.2, -0.15) is 0 Å². The third-order valence-corrected chi connectivity index (χ3v) is 5.87. The number of tetrazole rings is 1. The summed E-state index contributed by atoms with van der Waals surface area (Å²) in [7, 11) is 0. The van der Waals surface area contributed by atoms with Gasteiger partial charge in [0.05, 0.1) is 11.6 Å². The van der Waals surface area contributed by atoms with E-state index in [9.17, 15) is 0 Å². The first-order chi connectivity index (χ1) is 13.5. The van der Waals surface area contributed by atoms with Gasteiger partial charge in [-0.05, 0) is 74.3 Å². The van der Waals surface area contributed by atoms with E-state index in [1.807, 2.05) is 4.68 Å². The monoisotopic (exact) mass is 398 g/mol. The van der Waals surface area contributed by atoms with E-state index in [0.29, 0.717) is 12.1 Å². The number of nitrogens with zero attached hydrogens (tertiary/aromatic N) is 4. The summed E-state index contributed by atoms with van der Waals surface area (Å²) in [4.78, 5) is 0. The van der Waals surface area contributed by atoms with Gasteiger partial charge in [0.15, 0.2) is 5.82 Å². The molecule has 0 spiro atoms. The smallest absolute Gasteiger partial charge is 0.173 e. The molecule has 0 amide bonds. The highest BCUT2D eigenvalue weighted by Gasteiger charge is 2.34. The summed E-state index contributed by atoms with van der Waals surface area (Å²) in [5, 5.41) is 16.9. The fourth-order valence-corrected chi connectivity index (χ4v) is 4.78. The Bertz CT molecular complexity index is 778. The Morgan fingerprint density at radius 3 is 2.28 bits per heavy atom. The molecular formula is C23H38N6. The SMILES string of the molecule is Cc1ccc(C(NC2CCC(N)CC2)c2nnnn2C(C)(C)CC(C)(C)C)cc1. The standard InChI is InChI=1S/C23H38N6/c1-16-7-9-17(10-8-16)20(25-19-13-11-18(24)12-14-19)21-26-27-28-29(21)23(5,6)15-22(2,3)4/h7-10,18-20,25H,11-15,24H2,1-6H3. The van der Waals surface area contributed by atoms with Crippen LogP contribution in [-0.4, -0.2) is 32.3 Å². The molecule has 6 nitrogen and oxygen atoms in total. The van der Waals surface area contributed by atoms with E-state index in [1.54, 1.807) is 0 Å². The van der Waals surface area contributed by atoms with Crippen LogP contribution in [0.5, 0.6) is 0 Å². The molecule has 1 unspecified atom stereocenters. The number of benzene rings is 1. The Labute approximate surface area is 175 Å². The number of rotatable bonds is 6. The molecule has 2 aromatic rings. The van der Waals surface area contributed by atoms with Crippen molar-refractivity contribution in [1.29, 1.82) is 0 Å². The van der Waals surface area contributed by atoms with Crippen LogP contribution in [0.4, 0.5) is 0 Å². The summed E-state index contributed by atoms with van der Waals surface area (Å²) in [6.07, 6.45) is 5.31. The lowest BCUT2D eigenvalue weighted by molar-refractivity contribution is 0.186. The average Bonchev–Trinajstić information content (AvgIpc) is 3.11. The molecule has 1 aromatic carbocycles. The molecule has 1 saturated carbocycles.